The normalized spacial score (nSPS) is 35.3. The molecule has 2 aromatic rings. The first kappa shape index (κ1) is 19.3. The van der Waals surface area contributed by atoms with Crippen molar-refractivity contribution in [2.45, 2.75) is 29.5 Å². The van der Waals surface area contributed by atoms with Crippen LogP contribution >= 0.6 is 23.1 Å². The largest absolute Gasteiger partial charge is 0.480 e. The number of H-pyrrole nitrogens is 1. The number of aromatic nitrogens is 1. The number of hydrogen-bond acceptors (Lipinski definition) is 6. The van der Waals surface area contributed by atoms with Crippen LogP contribution < -0.4 is 4.87 Å². The van der Waals surface area contributed by atoms with Crippen LogP contribution in [0.15, 0.2) is 34.1 Å². The fourth-order valence-electron chi connectivity index (χ4n) is 6.65. The van der Waals surface area contributed by atoms with Crippen LogP contribution in [0.25, 0.3) is 0 Å². The number of thioether (sulfide) groups is 1. The molecule has 0 radical (unpaired) electrons. The van der Waals surface area contributed by atoms with E-state index in [0.717, 1.165) is 32.4 Å². The smallest absolute Gasteiger partial charge is 0.323 e. The number of fused-ring (bicyclic) bond motifs is 9. The average Bonchev–Trinajstić information content (AvgIpc) is 3.44. The van der Waals surface area contributed by atoms with E-state index in [2.05, 4.69) is 24.0 Å². The Morgan fingerprint density at radius 2 is 1.87 bits per heavy atom. The molecule has 1 aromatic heterocycles. The number of imide groups is 1. The van der Waals surface area contributed by atoms with Crippen molar-refractivity contribution in [3.8, 4) is 0 Å². The van der Waals surface area contributed by atoms with E-state index in [1.54, 1.807) is 11.8 Å². The van der Waals surface area contributed by atoms with Gasteiger partial charge in [-0.25, -0.2) is 0 Å². The van der Waals surface area contributed by atoms with Gasteiger partial charge in [-0.05, 0) is 42.2 Å². The fraction of sp³-hybridized carbons (Fsp3) is 0.455. The number of rotatable bonds is 3. The lowest BCUT2D eigenvalue weighted by Gasteiger charge is -2.43. The quantitative estimate of drug-likeness (QED) is 0.687. The highest BCUT2D eigenvalue weighted by molar-refractivity contribution is 8.00. The number of aryl methyl sites for hydroxylation is 1. The number of likely N-dealkylation sites (tertiary alicyclic amines) is 1. The molecular weight excluding hydrogens is 436 g/mol. The van der Waals surface area contributed by atoms with Crippen molar-refractivity contribution in [2.24, 2.45) is 29.6 Å². The number of carboxylic acid groups (broad SMARTS) is 1. The molecule has 0 spiro atoms. The van der Waals surface area contributed by atoms with Crippen molar-refractivity contribution >= 4 is 40.9 Å². The van der Waals surface area contributed by atoms with E-state index >= 15 is 0 Å². The molecule has 2 amide bonds. The molecule has 9 heteroatoms. The number of thiazole rings is 1. The summed E-state index contributed by atoms with van der Waals surface area (Å²) in [5.41, 5.74) is 2.31. The van der Waals surface area contributed by atoms with Gasteiger partial charge in [0.25, 0.3) is 0 Å². The van der Waals surface area contributed by atoms with Gasteiger partial charge in [-0.2, -0.15) is 0 Å². The van der Waals surface area contributed by atoms with Gasteiger partial charge >= 0.3 is 10.8 Å². The first-order valence-electron chi connectivity index (χ1n) is 10.4. The Kier molecular flexibility index (Phi) is 4.08. The number of carboxylic acids is 1. The molecule has 2 bridgehead atoms. The highest BCUT2D eigenvalue weighted by atomic mass is 32.2. The van der Waals surface area contributed by atoms with E-state index in [9.17, 15) is 24.3 Å². The number of nitrogens with zero attached hydrogens (tertiary/aromatic N) is 1. The third-order valence-corrected chi connectivity index (χ3v) is 10.2. The number of aromatic amines is 1. The Balaban J connectivity index is 1.47. The number of nitrogens with one attached hydrogen (secondary N) is 1. The molecule has 2 N–H and O–H groups in total. The van der Waals surface area contributed by atoms with Crippen molar-refractivity contribution in [1.29, 1.82) is 0 Å². The van der Waals surface area contributed by atoms with E-state index < -0.39 is 24.3 Å². The van der Waals surface area contributed by atoms with Crippen LogP contribution in [0.3, 0.4) is 0 Å². The molecule has 7 atom stereocenters. The lowest BCUT2D eigenvalue weighted by molar-refractivity contribution is -0.149. The van der Waals surface area contributed by atoms with Gasteiger partial charge < -0.3 is 10.1 Å². The number of hydrogen-bond donors (Lipinski definition) is 2. The molecule has 7 nitrogen and oxygen atoms in total. The monoisotopic (exact) mass is 456 g/mol. The maximum atomic E-state index is 13.1. The Bertz CT molecular complexity index is 1200. The van der Waals surface area contributed by atoms with Crippen molar-refractivity contribution in [3.63, 3.8) is 0 Å². The third-order valence-electron chi connectivity index (χ3n) is 7.63. The summed E-state index contributed by atoms with van der Waals surface area (Å²) < 4.78 is 0. The maximum absolute atomic E-state index is 13.1. The van der Waals surface area contributed by atoms with Crippen molar-refractivity contribution in [1.82, 2.24) is 9.88 Å². The van der Waals surface area contributed by atoms with Gasteiger partial charge in [0.15, 0.2) is 0 Å². The minimum absolute atomic E-state index is 0.00113. The molecule has 4 aliphatic rings. The van der Waals surface area contributed by atoms with Gasteiger partial charge in [0.2, 0.25) is 11.8 Å². The first-order valence-corrected chi connectivity index (χ1v) is 12.1. The second-order valence-electron chi connectivity index (χ2n) is 8.97. The summed E-state index contributed by atoms with van der Waals surface area (Å²) in [5.74, 6) is -2.54. The molecule has 2 saturated carbocycles. The molecule has 1 saturated heterocycles. The Morgan fingerprint density at radius 3 is 2.58 bits per heavy atom. The summed E-state index contributed by atoms with van der Waals surface area (Å²) >= 11 is 2.88. The van der Waals surface area contributed by atoms with Gasteiger partial charge in [-0.3, -0.25) is 24.1 Å². The third kappa shape index (κ3) is 2.53. The Labute approximate surface area is 185 Å². The van der Waals surface area contributed by atoms with Crippen LogP contribution in [0, 0.1) is 36.5 Å². The summed E-state index contributed by atoms with van der Waals surface area (Å²) in [4.78, 5) is 54.5. The predicted molar refractivity (Wildman–Crippen MR) is 114 cm³/mol. The molecule has 0 unspecified atom stereocenters. The number of amides is 2. The van der Waals surface area contributed by atoms with Gasteiger partial charge in [0.1, 0.15) is 6.54 Å². The van der Waals surface area contributed by atoms with Crippen molar-refractivity contribution in [2.75, 3.05) is 6.54 Å². The molecule has 3 fully saturated rings. The summed E-state index contributed by atoms with van der Waals surface area (Å²) in [6.45, 7) is 1.50. The molecule has 160 valence electrons. The van der Waals surface area contributed by atoms with Crippen LogP contribution in [0.5, 0.6) is 0 Å². The van der Waals surface area contributed by atoms with Gasteiger partial charge in [0.05, 0.1) is 16.9 Å². The summed E-state index contributed by atoms with van der Waals surface area (Å²) in [7, 11) is 0. The van der Waals surface area contributed by atoms with Crippen molar-refractivity contribution in [3.05, 3.63) is 49.9 Å². The molecular formula is C22H20N2O5S2. The minimum Gasteiger partial charge on any atom is -0.480 e. The zero-order chi connectivity index (χ0) is 21.6. The zero-order valence-electron chi connectivity index (χ0n) is 16.6. The second kappa shape index (κ2) is 6.56. The fourth-order valence-corrected chi connectivity index (χ4v) is 9.53. The van der Waals surface area contributed by atoms with Gasteiger partial charge in [-0.15, -0.1) is 11.8 Å². The summed E-state index contributed by atoms with van der Waals surface area (Å²) in [5, 5.41) is 10.2. The van der Waals surface area contributed by atoms with E-state index in [-0.39, 0.29) is 45.6 Å². The van der Waals surface area contributed by atoms with Crippen LogP contribution in [0.1, 0.15) is 28.3 Å². The topological polar surface area (TPSA) is 108 Å². The van der Waals surface area contributed by atoms with Crippen LogP contribution in [-0.4, -0.2) is 44.6 Å². The number of aliphatic carboxylic acids is 1. The zero-order valence-corrected chi connectivity index (χ0v) is 18.2. The lowest BCUT2D eigenvalue weighted by Crippen LogP contribution is -2.42. The first-order chi connectivity index (χ1) is 14.9. The van der Waals surface area contributed by atoms with Gasteiger partial charge in [0, 0.05) is 16.0 Å². The second-order valence-corrected chi connectivity index (χ2v) is 11.2. The highest BCUT2D eigenvalue weighted by Crippen LogP contribution is 2.68. The summed E-state index contributed by atoms with van der Waals surface area (Å²) in [6.07, 6.45) is 0.803. The highest BCUT2D eigenvalue weighted by Gasteiger charge is 2.69. The summed E-state index contributed by atoms with van der Waals surface area (Å²) in [6, 6.07) is 8.16. The van der Waals surface area contributed by atoms with E-state index in [1.165, 1.54) is 11.3 Å². The molecule has 1 aromatic carbocycles. The Morgan fingerprint density at radius 1 is 1.16 bits per heavy atom. The average molecular weight is 457 g/mol. The van der Waals surface area contributed by atoms with Gasteiger partial charge in [-0.1, -0.05) is 35.6 Å². The van der Waals surface area contributed by atoms with E-state index in [1.807, 2.05) is 12.1 Å². The number of carbonyl (C=O) groups is 3. The minimum atomic E-state index is -1.17. The maximum Gasteiger partial charge on any atom is 0.323 e. The van der Waals surface area contributed by atoms with E-state index in [0.29, 0.717) is 0 Å². The molecule has 3 heterocycles. The van der Waals surface area contributed by atoms with Crippen LogP contribution in [-0.2, 0) is 14.4 Å². The molecule has 2 aliphatic heterocycles. The predicted octanol–water partition coefficient (Wildman–Crippen LogP) is 2.30. The number of carbonyl (C=O) groups excluding carboxylic acids is 2. The Hall–Kier alpha value is -2.39. The number of benzene rings is 1. The SMILES string of the molecule is Cc1ccccc1[C@@H]1c2sc(=O)[nH]c2S[C@@H]2[C@H]3C[C@@H]([C@@H]4C(=O)N(CC(=O)O)C(=O)[C@@H]34)[C@@H]12. The van der Waals surface area contributed by atoms with Crippen LogP contribution in [0.2, 0.25) is 0 Å². The lowest BCUT2D eigenvalue weighted by atomic mass is 9.67. The standard InChI is InChI=1S/C22H20N2O5S2/c1-8-4-2-3-5-9(8)13-14-10-6-11(17(14)30-19-18(13)31-22(29)23-19)16-15(10)20(27)24(21(16)28)7-12(25)26/h2-5,10-11,13-17H,6-7H2,1H3,(H,23,29)(H,25,26)/t10-,11+,13+,14+,15+,16+,17-/m1/s1. The molecule has 2 aliphatic carbocycles. The van der Waals surface area contributed by atoms with Crippen molar-refractivity contribution < 1.29 is 19.5 Å². The molecule has 31 heavy (non-hydrogen) atoms. The molecule has 6 rings (SSSR count). The van der Waals surface area contributed by atoms with E-state index in [4.69, 9.17) is 0 Å². The van der Waals surface area contributed by atoms with Crippen LogP contribution in [0.4, 0.5) is 0 Å².